The van der Waals surface area contributed by atoms with Crippen LogP contribution in [0.2, 0.25) is 0 Å². The number of pyridine rings is 1. The molecule has 0 atom stereocenters. The fraction of sp³-hybridized carbons (Fsp3) is 0. The molecule has 0 fully saturated rings. The number of carbonyl (C=O) groups is 1. The average Bonchev–Trinajstić information content (AvgIpc) is 2.95. The summed E-state index contributed by atoms with van der Waals surface area (Å²) in [6.45, 7) is 0. The first-order chi connectivity index (χ1) is 10.2. The van der Waals surface area contributed by atoms with E-state index in [1.807, 2.05) is 30.3 Å². The van der Waals surface area contributed by atoms with Gasteiger partial charge in [-0.15, -0.1) is 0 Å². The summed E-state index contributed by atoms with van der Waals surface area (Å²) in [6, 6.07) is 14.5. The molecule has 0 bridgehead atoms. The van der Waals surface area contributed by atoms with Gasteiger partial charge in [0.15, 0.2) is 5.82 Å². The molecule has 6 heteroatoms. The van der Waals surface area contributed by atoms with E-state index in [0.29, 0.717) is 5.69 Å². The number of rotatable bonds is 3. The van der Waals surface area contributed by atoms with E-state index in [1.165, 1.54) is 6.07 Å². The second-order valence-electron chi connectivity index (χ2n) is 4.37. The smallest absolute Gasteiger partial charge is 0.294 e. The van der Waals surface area contributed by atoms with Crippen molar-refractivity contribution in [2.45, 2.75) is 0 Å². The van der Waals surface area contributed by atoms with Crippen molar-refractivity contribution >= 4 is 17.4 Å². The number of nitrogen functional groups attached to an aromatic ring is 1. The lowest BCUT2D eigenvalue weighted by Crippen LogP contribution is -2.11. The molecule has 1 aromatic carbocycles. The molecule has 0 aliphatic carbocycles. The normalized spacial score (nSPS) is 10.3. The summed E-state index contributed by atoms with van der Waals surface area (Å²) < 4.78 is 4.81. The average molecular weight is 280 g/mol. The Labute approximate surface area is 120 Å². The lowest BCUT2D eigenvalue weighted by atomic mass is 10.1. The quantitative estimate of drug-likeness (QED) is 0.769. The molecule has 0 spiro atoms. The van der Waals surface area contributed by atoms with Crippen LogP contribution < -0.4 is 11.1 Å². The molecule has 104 valence electrons. The molecule has 0 saturated carbocycles. The van der Waals surface area contributed by atoms with Gasteiger partial charge in [0, 0.05) is 23.5 Å². The third-order valence-electron chi connectivity index (χ3n) is 2.84. The number of hydrogen-bond acceptors (Lipinski definition) is 5. The number of aromatic nitrogens is 2. The maximum Gasteiger partial charge on any atom is 0.294 e. The Morgan fingerprint density at radius 3 is 2.67 bits per heavy atom. The highest BCUT2D eigenvalue weighted by molar-refractivity contribution is 6.02. The molecule has 3 N–H and O–H groups in total. The standard InChI is InChI=1S/C15H12N4O2/c16-14-9-13(21-19-14)15(20)18-11-6-7-17-12(8-11)10-4-2-1-3-5-10/h1-9H,(H2,16,19)(H,17,18,20). The fourth-order valence-electron chi connectivity index (χ4n) is 1.86. The predicted octanol–water partition coefficient (Wildman–Crippen LogP) is 2.57. The van der Waals surface area contributed by atoms with Crippen molar-refractivity contribution in [3.05, 3.63) is 60.5 Å². The molecule has 2 heterocycles. The molecule has 3 aromatic rings. The van der Waals surface area contributed by atoms with Gasteiger partial charge in [-0.05, 0) is 12.1 Å². The van der Waals surface area contributed by atoms with Crippen LogP contribution in [0.25, 0.3) is 11.3 Å². The minimum Gasteiger partial charge on any atom is -0.381 e. The highest BCUT2D eigenvalue weighted by Crippen LogP contribution is 2.20. The first kappa shape index (κ1) is 12.9. The van der Waals surface area contributed by atoms with E-state index >= 15 is 0 Å². The molecule has 21 heavy (non-hydrogen) atoms. The van der Waals surface area contributed by atoms with Crippen molar-refractivity contribution < 1.29 is 9.32 Å². The Morgan fingerprint density at radius 1 is 1.14 bits per heavy atom. The van der Waals surface area contributed by atoms with E-state index in [4.69, 9.17) is 10.3 Å². The monoisotopic (exact) mass is 280 g/mol. The summed E-state index contributed by atoms with van der Waals surface area (Å²) in [4.78, 5) is 16.2. The summed E-state index contributed by atoms with van der Waals surface area (Å²) in [5, 5.41) is 6.19. The van der Waals surface area contributed by atoms with Crippen LogP contribution >= 0.6 is 0 Å². The van der Waals surface area contributed by atoms with Gasteiger partial charge in [0.25, 0.3) is 5.91 Å². The van der Waals surface area contributed by atoms with Gasteiger partial charge in [0.2, 0.25) is 5.76 Å². The Hall–Kier alpha value is -3.15. The van der Waals surface area contributed by atoms with Gasteiger partial charge in [0.1, 0.15) is 0 Å². The van der Waals surface area contributed by atoms with Crippen molar-refractivity contribution in [3.63, 3.8) is 0 Å². The van der Waals surface area contributed by atoms with Crippen LogP contribution in [-0.2, 0) is 0 Å². The molecule has 3 rings (SSSR count). The molecule has 1 amide bonds. The van der Waals surface area contributed by atoms with E-state index in [9.17, 15) is 4.79 Å². The molecule has 6 nitrogen and oxygen atoms in total. The number of benzene rings is 1. The molecule has 0 unspecified atom stereocenters. The van der Waals surface area contributed by atoms with E-state index in [2.05, 4.69) is 15.5 Å². The van der Waals surface area contributed by atoms with E-state index in [1.54, 1.807) is 18.3 Å². The molecular formula is C15H12N4O2. The Balaban J connectivity index is 1.82. The number of nitrogens with two attached hydrogens (primary N) is 1. The maximum atomic E-state index is 12.0. The van der Waals surface area contributed by atoms with Crippen LogP contribution in [-0.4, -0.2) is 16.0 Å². The zero-order chi connectivity index (χ0) is 14.7. The van der Waals surface area contributed by atoms with Crippen LogP contribution in [0.4, 0.5) is 11.5 Å². The van der Waals surface area contributed by atoms with Crippen molar-refractivity contribution in [1.29, 1.82) is 0 Å². The Bertz CT molecular complexity index is 768. The predicted molar refractivity (Wildman–Crippen MR) is 78.5 cm³/mol. The van der Waals surface area contributed by atoms with Crippen molar-refractivity contribution in [2.24, 2.45) is 0 Å². The van der Waals surface area contributed by atoms with Crippen LogP contribution in [0.5, 0.6) is 0 Å². The summed E-state index contributed by atoms with van der Waals surface area (Å²) in [7, 11) is 0. The zero-order valence-corrected chi connectivity index (χ0v) is 11.0. The summed E-state index contributed by atoms with van der Waals surface area (Å²) in [6.07, 6.45) is 1.63. The minimum absolute atomic E-state index is 0.0607. The summed E-state index contributed by atoms with van der Waals surface area (Å²) in [5.74, 6) is -0.185. The fourth-order valence-corrected chi connectivity index (χ4v) is 1.86. The SMILES string of the molecule is Nc1cc(C(=O)Nc2ccnc(-c3ccccc3)c2)on1. The van der Waals surface area contributed by atoms with Crippen molar-refractivity contribution in [1.82, 2.24) is 10.1 Å². The van der Waals surface area contributed by atoms with Gasteiger partial charge in [-0.1, -0.05) is 35.5 Å². The van der Waals surface area contributed by atoms with Crippen molar-refractivity contribution in [3.8, 4) is 11.3 Å². The van der Waals surface area contributed by atoms with Gasteiger partial charge in [0.05, 0.1) is 5.69 Å². The number of nitrogens with one attached hydrogen (secondary N) is 1. The minimum atomic E-state index is -0.413. The van der Waals surface area contributed by atoms with Crippen molar-refractivity contribution in [2.75, 3.05) is 11.1 Å². The van der Waals surface area contributed by atoms with Gasteiger partial charge in [-0.25, -0.2) is 0 Å². The number of carbonyl (C=O) groups excluding carboxylic acids is 1. The third kappa shape index (κ3) is 2.89. The number of amides is 1. The van der Waals surface area contributed by atoms with Gasteiger partial charge < -0.3 is 15.6 Å². The highest BCUT2D eigenvalue weighted by Gasteiger charge is 2.12. The van der Waals surface area contributed by atoms with Crippen LogP contribution in [0.15, 0.2) is 59.3 Å². The van der Waals surface area contributed by atoms with Crippen LogP contribution in [0.3, 0.4) is 0 Å². The number of nitrogens with zero attached hydrogens (tertiary/aromatic N) is 2. The maximum absolute atomic E-state index is 12.0. The summed E-state index contributed by atoms with van der Waals surface area (Å²) >= 11 is 0. The van der Waals surface area contributed by atoms with Gasteiger partial charge >= 0.3 is 0 Å². The number of anilines is 2. The highest BCUT2D eigenvalue weighted by atomic mass is 16.5. The second-order valence-corrected chi connectivity index (χ2v) is 4.37. The lowest BCUT2D eigenvalue weighted by Gasteiger charge is -2.05. The third-order valence-corrected chi connectivity index (χ3v) is 2.84. The molecule has 0 aliphatic heterocycles. The molecule has 2 aromatic heterocycles. The topological polar surface area (TPSA) is 94.0 Å². The largest absolute Gasteiger partial charge is 0.381 e. The second kappa shape index (κ2) is 5.46. The van der Waals surface area contributed by atoms with Crippen LogP contribution in [0.1, 0.15) is 10.6 Å². The number of hydrogen-bond donors (Lipinski definition) is 2. The van der Waals surface area contributed by atoms with E-state index in [0.717, 1.165) is 11.3 Å². The van der Waals surface area contributed by atoms with Gasteiger partial charge in [-0.3, -0.25) is 9.78 Å². The Morgan fingerprint density at radius 2 is 1.95 bits per heavy atom. The molecule has 0 aliphatic rings. The lowest BCUT2D eigenvalue weighted by molar-refractivity contribution is 0.0988. The van der Waals surface area contributed by atoms with E-state index in [-0.39, 0.29) is 11.6 Å². The Kier molecular flexibility index (Phi) is 3.34. The molecular weight excluding hydrogens is 268 g/mol. The molecule has 0 radical (unpaired) electrons. The molecule has 0 saturated heterocycles. The van der Waals surface area contributed by atoms with Crippen LogP contribution in [0, 0.1) is 0 Å². The first-order valence-corrected chi connectivity index (χ1v) is 6.27. The summed E-state index contributed by atoms with van der Waals surface area (Å²) in [5.41, 5.74) is 7.77. The van der Waals surface area contributed by atoms with Gasteiger partial charge in [-0.2, -0.15) is 0 Å². The zero-order valence-electron chi connectivity index (χ0n) is 11.0. The van der Waals surface area contributed by atoms with E-state index < -0.39 is 5.91 Å². The first-order valence-electron chi connectivity index (χ1n) is 6.27.